The van der Waals surface area contributed by atoms with Gasteiger partial charge in [-0.25, -0.2) is 13.2 Å². The molecule has 0 aliphatic heterocycles. The van der Waals surface area contributed by atoms with Crippen LogP contribution in [-0.2, 0) is 27.7 Å². The fourth-order valence-electron chi connectivity index (χ4n) is 1.46. The van der Waals surface area contributed by atoms with Crippen LogP contribution < -0.4 is 0 Å². The van der Waals surface area contributed by atoms with Crippen molar-refractivity contribution in [2.45, 2.75) is 20.1 Å². The third kappa shape index (κ3) is 3.92. The van der Waals surface area contributed by atoms with Gasteiger partial charge in [-0.2, -0.15) is 5.10 Å². The molecule has 108 valence electrons. The zero-order chi connectivity index (χ0) is 14.6. The third-order valence-corrected chi connectivity index (χ3v) is 4.58. The van der Waals surface area contributed by atoms with Crippen LogP contribution in [0.3, 0.4) is 0 Å². The molecule has 0 atom stereocenters. The van der Waals surface area contributed by atoms with Crippen molar-refractivity contribution in [1.82, 2.24) is 9.78 Å². The van der Waals surface area contributed by atoms with E-state index in [0.29, 0.717) is 0 Å². The van der Waals surface area contributed by atoms with Gasteiger partial charge in [0.05, 0.1) is 18.9 Å². The Morgan fingerprint density at radius 3 is 2.63 bits per heavy atom. The number of aromatic nitrogens is 2. The molecule has 1 aromatic heterocycles. The molecule has 0 aliphatic carbocycles. The van der Waals surface area contributed by atoms with Gasteiger partial charge in [-0.05, 0) is 0 Å². The molecule has 1 N–H and O–H groups in total. The molecular weight excluding hydrogens is 296 g/mol. The van der Waals surface area contributed by atoms with Gasteiger partial charge in [-0.1, -0.05) is 18.5 Å². The minimum Gasteiger partial charge on any atom is -0.478 e. The van der Waals surface area contributed by atoms with Crippen molar-refractivity contribution >= 4 is 27.4 Å². The SMILES string of the molecule is CCS(=O)(=O)CCn1nc(COC)c(C(=O)O)c1Cl. The van der Waals surface area contributed by atoms with Crippen LogP contribution >= 0.6 is 11.6 Å². The summed E-state index contributed by atoms with van der Waals surface area (Å²) >= 11 is 5.90. The lowest BCUT2D eigenvalue weighted by Crippen LogP contribution is -2.15. The minimum atomic E-state index is -3.17. The number of rotatable bonds is 7. The van der Waals surface area contributed by atoms with Crippen LogP contribution in [0.2, 0.25) is 5.15 Å². The molecule has 0 unspecified atom stereocenters. The number of aryl methyl sites for hydroxylation is 1. The number of halogens is 1. The number of ether oxygens (including phenoxy) is 1. The molecule has 0 amide bonds. The van der Waals surface area contributed by atoms with Crippen molar-refractivity contribution in [2.24, 2.45) is 0 Å². The van der Waals surface area contributed by atoms with Gasteiger partial charge in [0, 0.05) is 12.9 Å². The highest BCUT2D eigenvalue weighted by molar-refractivity contribution is 7.91. The predicted octanol–water partition coefficient (Wildman–Crippen LogP) is 0.816. The molecule has 0 bridgehead atoms. The second-order valence-corrected chi connectivity index (χ2v) is 6.64. The Balaban J connectivity index is 3.03. The van der Waals surface area contributed by atoms with Gasteiger partial charge in [0.2, 0.25) is 0 Å². The Hall–Kier alpha value is -1.12. The van der Waals surface area contributed by atoms with Gasteiger partial charge in [0.1, 0.15) is 16.4 Å². The molecule has 9 heteroatoms. The zero-order valence-corrected chi connectivity index (χ0v) is 12.2. The van der Waals surface area contributed by atoms with E-state index in [4.69, 9.17) is 21.4 Å². The first-order valence-corrected chi connectivity index (χ1v) is 7.70. The number of sulfone groups is 1. The number of aromatic carboxylic acids is 1. The quantitative estimate of drug-likeness (QED) is 0.800. The molecule has 0 spiro atoms. The van der Waals surface area contributed by atoms with E-state index < -0.39 is 15.8 Å². The second kappa shape index (κ2) is 6.36. The lowest BCUT2D eigenvalue weighted by Gasteiger charge is -2.03. The maximum absolute atomic E-state index is 11.4. The maximum atomic E-state index is 11.4. The highest BCUT2D eigenvalue weighted by atomic mass is 35.5. The van der Waals surface area contributed by atoms with E-state index in [1.54, 1.807) is 6.92 Å². The van der Waals surface area contributed by atoms with Gasteiger partial charge in [0.15, 0.2) is 9.84 Å². The van der Waals surface area contributed by atoms with Crippen LogP contribution in [-0.4, -0.2) is 47.9 Å². The summed E-state index contributed by atoms with van der Waals surface area (Å²) in [6.45, 7) is 1.55. The first kappa shape index (κ1) is 15.9. The molecule has 7 nitrogen and oxygen atoms in total. The predicted molar refractivity (Wildman–Crippen MR) is 69.2 cm³/mol. The first-order chi connectivity index (χ1) is 8.82. The van der Waals surface area contributed by atoms with Gasteiger partial charge >= 0.3 is 5.97 Å². The number of carboxylic acid groups (broad SMARTS) is 1. The fourth-order valence-corrected chi connectivity index (χ4v) is 2.51. The Kier molecular flexibility index (Phi) is 5.33. The summed E-state index contributed by atoms with van der Waals surface area (Å²) in [6, 6.07) is 0. The van der Waals surface area contributed by atoms with Crippen molar-refractivity contribution in [3.8, 4) is 0 Å². The van der Waals surface area contributed by atoms with E-state index in [1.807, 2.05) is 0 Å². The standard InChI is InChI=1S/C10H15ClN2O5S/c1-3-19(16,17)5-4-13-9(11)8(10(14)15)7(12-13)6-18-2/h3-6H2,1-2H3,(H,14,15). The lowest BCUT2D eigenvalue weighted by atomic mass is 10.2. The molecule has 0 radical (unpaired) electrons. The van der Waals surface area contributed by atoms with Crippen LogP contribution in [0.25, 0.3) is 0 Å². The summed E-state index contributed by atoms with van der Waals surface area (Å²) in [7, 11) is -1.77. The van der Waals surface area contributed by atoms with E-state index in [1.165, 1.54) is 11.8 Å². The maximum Gasteiger partial charge on any atom is 0.340 e. The highest BCUT2D eigenvalue weighted by Gasteiger charge is 2.22. The van der Waals surface area contributed by atoms with E-state index in [0.717, 1.165) is 0 Å². The van der Waals surface area contributed by atoms with Gasteiger partial charge < -0.3 is 9.84 Å². The summed E-state index contributed by atoms with van der Waals surface area (Å²) in [6.07, 6.45) is 0. The van der Waals surface area contributed by atoms with Crippen molar-refractivity contribution in [3.63, 3.8) is 0 Å². The molecule has 0 saturated heterocycles. The van der Waals surface area contributed by atoms with Crippen LogP contribution in [0, 0.1) is 0 Å². The Morgan fingerprint density at radius 2 is 2.16 bits per heavy atom. The van der Waals surface area contributed by atoms with Gasteiger partial charge in [-0.3, -0.25) is 4.68 Å². The number of carboxylic acids is 1. The summed E-state index contributed by atoms with van der Waals surface area (Å²) < 4.78 is 28.8. The average molecular weight is 311 g/mol. The molecule has 19 heavy (non-hydrogen) atoms. The van der Waals surface area contributed by atoms with Gasteiger partial charge in [0.25, 0.3) is 0 Å². The molecule has 1 heterocycles. The van der Waals surface area contributed by atoms with Crippen LogP contribution in [0.1, 0.15) is 23.0 Å². The summed E-state index contributed by atoms with van der Waals surface area (Å²) in [5.74, 6) is -1.35. The Morgan fingerprint density at radius 1 is 1.53 bits per heavy atom. The summed E-state index contributed by atoms with van der Waals surface area (Å²) in [5, 5.41) is 12.9. The van der Waals surface area contributed by atoms with E-state index in [9.17, 15) is 13.2 Å². The molecule has 0 aliphatic rings. The van der Waals surface area contributed by atoms with Crippen LogP contribution in [0.15, 0.2) is 0 Å². The number of methoxy groups -OCH3 is 1. The van der Waals surface area contributed by atoms with E-state index >= 15 is 0 Å². The fraction of sp³-hybridized carbons (Fsp3) is 0.600. The molecule has 1 rings (SSSR count). The monoisotopic (exact) mass is 310 g/mol. The number of carbonyl (C=O) groups is 1. The van der Waals surface area contributed by atoms with Crippen LogP contribution in [0.5, 0.6) is 0 Å². The molecule has 0 aromatic carbocycles. The van der Waals surface area contributed by atoms with Crippen molar-refractivity contribution in [3.05, 3.63) is 16.4 Å². The van der Waals surface area contributed by atoms with E-state index in [2.05, 4.69) is 5.10 Å². The molecule has 1 aromatic rings. The molecule has 0 fully saturated rings. The summed E-state index contributed by atoms with van der Waals surface area (Å²) in [5.41, 5.74) is 0.0197. The van der Waals surface area contributed by atoms with Gasteiger partial charge in [-0.15, -0.1) is 0 Å². The number of hydrogen-bond donors (Lipinski definition) is 1. The van der Waals surface area contributed by atoms with Crippen molar-refractivity contribution in [1.29, 1.82) is 0 Å². The smallest absolute Gasteiger partial charge is 0.340 e. The third-order valence-electron chi connectivity index (χ3n) is 2.51. The highest BCUT2D eigenvalue weighted by Crippen LogP contribution is 2.21. The topological polar surface area (TPSA) is 98.5 Å². The van der Waals surface area contributed by atoms with Crippen LogP contribution in [0.4, 0.5) is 0 Å². The van der Waals surface area contributed by atoms with E-state index in [-0.39, 0.29) is 41.1 Å². The zero-order valence-electron chi connectivity index (χ0n) is 10.6. The largest absolute Gasteiger partial charge is 0.478 e. The number of nitrogens with zero attached hydrogens (tertiary/aromatic N) is 2. The minimum absolute atomic E-state index is 0.00508. The Labute approximate surface area is 116 Å². The Bertz CT molecular complexity index is 567. The normalized spacial score (nSPS) is 11.7. The first-order valence-electron chi connectivity index (χ1n) is 5.50. The van der Waals surface area contributed by atoms with Crippen molar-refractivity contribution in [2.75, 3.05) is 18.6 Å². The molecular formula is C10H15ClN2O5S. The molecule has 0 saturated carbocycles. The second-order valence-electron chi connectivity index (χ2n) is 3.81. The number of hydrogen-bond acceptors (Lipinski definition) is 5. The van der Waals surface area contributed by atoms with Crippen molar-refractivity contribution < 1.29 is 23.1 Å². The summed E-state index contributed by atoms with van der Waals surface area (Å²) in [4.78, 5) is 11.1. The lowest BCUT2D eigenvalue weighted by molar-refractivity contribution is 0.0692. The average Bonchev–Trinajstić information content (AvgIpc) is 2.64.